The van der Waals surface area contributed by atoms with Gasteiger partial charge >= 0.3 is 0 Å². The van der Waals surface area contributed by atoms with E-state index in [1.807, 2.05) is 31.2 Å². The molecule has 0 spiro atoms. The second-order valence-electron chi connectivity index (χ2n) is 8.31. The first kappa shape index (κ1) is 24.7. The van der Waals surface area contributed by atoms with Crippen LogP contribution >= 0.6 is 11.8 Å². The molecule has 2 aromatic carbocycles. The van der Waals surface area contributed by atoms with Crippen molar-refractivity contribution in [3.63, 3.8) is 0 Å². The van der Waals surface area contributed by atoms with E-state index in [4.69, 9.17) is 10.5 Å². The van der Waals surface area contributed by atoms with Crippen molar-refractivity contribution in [2.45, 2.75) is 37.1 Å². The number of halogens is 1. The van der Waals surface area contributed by atoms with E-state index in [2.05, 4.69) is 10.2 Å². The zero-order valence-electron chi connectivity index (χ0n) is 19.7. The highest BCUT2D eigenvalue weighted by molar-refractivity contribution is 8.00. The molecule has 8 nitrogen and oxygen atoms in total. The second-order valence-corrected chi connectivity index (χ2v) is 9.62. The molecule has 4 rings (SSSR count). The van der Waals surface area contributed by atoms with E-state index >= 15 is 0 Å². The van der Waals surface area contributed by atoms with E-state index in [1.165, 1.54) is 17.8 Å². The number of para-hydroxylation sites is 1. The van der Waals surface area contributed by atoms with Crippen molar-refractivity contribution in [1.29, 1.82) is 0 Å². The summed E-state index contributed by atoms with van der Waals surface area (Å²) in [7, 11) is 0. The molecule has 1 atom stereocenters. The first-order chi connectivity index (χ1) is 16.9. The fourth-order valence-electron chi connectivity index (χ4n) is 4.10. The summed E-state index contributed by atoms with van der Waals surface area (Å²) >= 11 is 1.22. The molecule has 1 aliphatic rings. The van der Waals surface area contributed by atoms with E-state index < -0.39 is 11.1 Å². The number of rotatable bonds is 8. The molecule has 2 N–H and O–H groups in total. The Kier molecular flexibility index (Phi) is 7.70. The molecule has 0 radical (unpaired) electrons. The number of piperidine rings is 1. The summed E-state index contributed by atoms with van der Waals surface area (Å²) in [5, 5.41) is 8.59. The fraction of sp³-hybridized carbons (Fsp3) is 0.360. The summed E-state index contributed by atoms with van der Waals surface area (Å²) in [5.41, 5.74) is 6.44. The van der Waals surface area contributed by atoms with Crippen LogP contribution in [0.4, 0.5) is 4.39 Å². The first-order valence-electron chi connectivity index (χ1n) is 11.6. The van der Waals surface area contributed by atoms with Crippen LogP contribution in [0.3, 0.4) is 0 Å². The predicted octanol–water partition coefficient (Wildman–Crippen LogP) is 3.68. The third-order valence-corrected chi connectivity index (χ3v) is 7.02. The van der Waals surface area contributed by atoms with Crippen LogP contribution < -0.4 is 10.5 Å². The lowest BCUT2D eigenvalue weighted by Gasteiger charge is -2.32. The molecule has 1 fully saturated rings. The zero-order valence-corrected chi connectivity index (χ0v) is 20.5. The number of nitrogens with two attached hydrogens (primary N) is 1. The molecular weight excluding hydrogens is 469 g/mol. The molecule has 2 amide bonds. The largest absolute Gasteiger partial charge is 0.494 e. The molecule has 1 unspecified atom stereocenters. The van der Waals surface area contributed by atoms with Gasteiger partial charge < -0.3 is 15.4 Å². The van der Waals surface area contributed by atoms with Crippen molar-refractivity contribution >= 4 is 23.6 Å². The topological polar surface area (TPSA) is 103 Å². The number of hydrogen-bond donors (Lipinski definition) is 1. The van der Waals surface area contributed by atoms with Crippen LogP contribution in [-0.4, -0.2) is 56.4 Å². The van der Waals surface area contributed by atoms with Crippen molar-refractivity contribution in [3.05, 3.63) is 54.3 Å². The minimum Gasteiger partial charge on any atom is -0.494 e. The van der Waals surface area contributed by atoms with Gasteiger partial charge in [-0.25, -0.2) is 4.39 Å². The number of nitrogens with zero attached hydrogens (tertiary/aromatic N) is 4. The summed E-state index contributed by atoms with van der Waals surface area (Å²) in [4.78, 5) is 26.3. The summed E-state index contributed by atoms with van der Waals surface area (Å²) < 4.78 is 22.0. The Balaban J connectivity index is 1.61. The standard InChI is InChI=1S/C25H28FN5O3S/c1-3-34-19-10-8-18(9-11-19)23-28-29-25(31(23)21-7-5-4-6-20(21)26)35-16(2)24(33)30-14-12-17(13-15-30)22(27)32/h4-11,16-17H,3,12-15H2,1-2H3,(H2,27,32). The lowest BCUT2D eigenvalue weighted by atomic mass is 9.96. The SMILES string of the molecule is CCOc1ccc(-c2nnc(SC(C)C(=O)N3CCC(C(N)=O)CC3)n2-c2ccccc2F)cc1. The fourth-order valence-corrected chi connectivity index (χ4v) is 5.04. The van der Waals surface area contributed by atoms with Crippen LogP contribution in [0.25, 0.3) is 17.1 Å². The van der Waals surface area contributed by atoms with E-state index in [0.29, 0.717) is 49.2 Å². The van der Waals surface area contributed by atoms with Gasteiger partial charge in [0.25, 0.3) is 0 Å². The van der Waals surface area contributed by atoms with Crippen molar-refractivity contribution < 1.29 is 18.7 Å². The Bertz CT molecular complexity index is 1190. The minimum atomic E-state index is -0.483. The van der Waals surface area contributed by atoms with Gasteiger partial charge in [-0.15, -0.1) is 10.2 Å². The quantitative estimate of drug-likeness (QED) is 0.476. The third-order valence-electron chi connectivity index (χ3n) is 5.99. The highest BCUT2D eigenvalue weighted by Gasteiger charge is 2.30. The molecule has 184 valence electrons. The van der Waals surface area contributed by atoms with Crippen LogP contribution in [0.5, 0.6) is 5.75 Å². The van der Waals surface area contributed by atoms with Gasteiger partial charge in [-0.1, -0.05) is 23.9 Å². The highest BCUT2D eigenvalue weighted by atomic mass is 32.2. The van der Waals surface area contributed by atoms with Gasteiger partial charge in [-0.05, 0) is 63.1 Å². The normalized spacial score (nSPS) is 15.1. The molecule has 1 aromatic heterocycles. The molecule has 1 aliphatic heterocycles. The van der Waals surface area contributed by atoms with Gasteiger partial charge in [0.15, 0.2) is 11.0 Å². The highest BCUT2D eigenvalue weighted by Crippen LogP contribution is 2.32. The molecule has 0 aliphatic carbocycles. The van der Waals surface area contributed by atoms with Crippen molar-refractivity contribution in [2.75, 3.05) is 19.7 Å². The first-order valence-corrected chi connectivity index (χ1v) is 12.4. The molecule has 0 bridgehead atoms. The van der Waals surface area contributed by atoms with Gasteiger partial charge in [0.2, 0.25) is 11.8 Å². The maximum atomic E-state index is 14.9. The Morgan fingerprint density at radius 1 is 1.14 bits per heavy atom. The Labute approximate surface area is 207 Å². The average Bonchev–Trinajstić information content (AvgIpc) is 3.27. The molecule has 2 heterocycles. The van der Waals surface area contributed by atoms with Gasteiger partial charge in [-0.2, -0.15) is 0 Å². The summed E-state index contributed by atoms with van der Waals surface area (Å²) in [5.74, 6) is 0.185. The Morgan fingerprint density at radius 3 is 2.46 bits per heavy atom. The van der Waals surface area contributed by atoms with Gasteiger partial charge in [0.1, 0.15) is 11.6 Å². The lowest BCUT2D eigenvalue weighted by Crippen LogP contribution is -2.44. The van der Waals surface area contributed by atoms with E-state index in [0.717, 1.165) is 11.3 Å². The maximum absolute atomic E-state index is 14.9. The number of aromatic nitrogens is 3. The summed E-state index contributed by atoms with van der Waals surface area (Å²) in [6, 6.07) is 13.7. The lowest BCUT2D eigenvalue weighted by molar-refractivity contribution is -0.134. The molecule has 3 aromatic rings. The second kappa shape index (κ2) is 10.9. The molecule has 35 heavy (non-hydrogen) atoms. The van der Waals surface area contributed by atoms with E-state index in [1.54, 1.807) is 34.6 Å². The van der Waals surface area contributed by atoms with Crippen LogP contribution in [0.1, 0.15) is 26.7 Å². The smallest absolute Gasteiger partial charge is 0.235 e. The van der Waals surface area contributed by atoms with Gasteiger partial charge in [-0.3, -0.25) is 14.2 Å². The van der Waals surface area contributed by atoms with Crippen LogP contribution in [0.2, 0.25) is 0 Å². The van der Waals surface area contributed by atoms with Gasteiger partial charge in [0.05, 0.1) is 17.5 Å². The Hall–Kier alpha value is -3.40. The number of ether oxygens (including phenoxy) is 1. The number of likely N-dealkylation sites (tertiary alicyclic amines) is 1. The number of thioether (sulfide) groups is 1. The molecular formula is C25H28FN5O3S. The number of primary amides is 1. The molecule has 1 saturated heterocycles. The third kappa shape index (κ3) is 5.48. The number of amides is 2. The van der Waals surface area contributed by atoms with Gasteiger partial charge in [0, 0.05) is 24.6 Å². The number of hydrogen-bond acceptors (Lipinski definition) is 6. The van der Waals surface area contributed by atoms with Crippen molar-refractivity contribution in [1.82, 2.24) is 19.7 Å². The summed E-state index contributed by atoms with van der Waals surface area (Å²) in [6.07, 6.45) is 1.12. The Morgan fingerprint density at radius 2 is 1.83 bits per heavy atom. The number of carbonyl (C=O) groups excluding carboxylic acids is 2. The van der Waals surface area contributed by atoms with Crippen LogP contribution in [0.15, 0.2) is 53.7 Å². The minimum absolute atomic E-state index is 0.0661. The number of benzene rings is 2. The number of carbonyl (C=O) groups is 2. The van der Waals surface area contributed by atoms with Crippen molar-refractivity contribution in [2.24, 2.45) is 11.7 Å². The summed E-state index contributed by atoms with van der Waals surface area (Å²) in [6.45, 7) is 5.22. The average molecular weight is 498 g/mol. The zero-order chi connectivity index (χ0) is 24.9. The molecule has 0 saturated carbocycles. The van der Waals surface area contributed by atoms with E-state index in [9.17, 15) is 14.0 Å². The predicted molar refractivity (Wildman–Crippen MR) is 132 cm³/mol. The monoisotopic (exact) mass is 497 g/mol. The molecule has 10 heteroatoms. The van der Waals surface area contributed by atoms with Crippen molar-refractivity contribution in [3.8, 4) is 22.8 Å². The van der Waals surface area contributed by atoms with Crippen LogP contribution in [-0.2, 0) is 9.59 Å². The maximum Gasteiger partial charge on any atom is 0.235 e. The van der Waals surface area contributed by atoms with Crippen LogP contribution in [0, 0.1) is 11.7 Å². The van der Waals surface area contributed by atoms with E-state index in [-0.39, 0.29) is 17.7 Å².